The molecule has 114 valence electrons. The van der Waals surface area contributed by atoms with Crippen LogP contribution in [0.3, 0.4) is 0 Å². The molecule has 1 aromatic carbocycles. The summed E-state index contributed by atoms with van der Waals surface area (Å²) >= 11 is 0. The molecule has 1 unspecified atom stereocenters. The highest BCUT2D eigenvalue weighted by molar-refractivity contribution is 5.59. The summed E-state index contributed by atoms with van der Waals surface area (Å²) < 4.78 is 0. The monoisotopic (exact) mass is 285 g/mol. The van der Waals surface area contributed by atoms with Gasteiger partial charge < -0.3 is 5.32 Å². The third kappa shape index (κ3) is 3.48. The Morgan fingerprint density at radius 2 is 2.10 bits per heavy atom. The molecule has 0 amide bonds. The van der Waals surface area contributed by atoms with Crippen LogP contribution in [0.2, 0.25) is 0 Å². The minimum Gasteiger partial charge on any atom is -0.385 e. The second kappa shape index (κ2) is 6.35. The number of hydrogen-bond donors (Lipinski definition) is 1. The van der Waals surface area contributed by atoms with Crippen molar-refractivity contribution in [1.29, 1.82) is 0 Å². The largest absolute Gasteiger partial charge is 0.385 e. The quantitative estimate of drug-likeness (QED) is 0.882. The molecule has 0 aliphatic carbocycles. The Bertz CT molecular complexity index is 545. The zero-order chi connectivity index (χ0) is 15.6. The Balaban J connectivity index is 2.33. The number of nitrogens with one attached hydrogen (secondary N) is 1. The van der Waals surface area contributed by atoms with Gasteiger partial charge in [-0.3, -0.25) is 5.01 Å². The highest BCUT2D eigenvalue weighted by Crippen LogP contribution is 2.32. The van der Waals surface area contributed by atoms with Crippen LogP contribution in [-0.4, -0.2) is 18.1 Å². The molecule has 2 rings (SSSR count). The maximum Gasteiger partial charge on any atom is 0.0611 e. The summed E-state index contributed by atoms with van der Waals surface area (Å²) in [7, 11) is 2.13. The summed E-state index contributed by atoms with van der Waals surface area (Å²) in [5.74, 6) is 0.501. The molecule has 0 fully saturated rings. The lowest BCUT2D eigenvalue weighted by Gasteiger charge is -2.31. The lowest BCUT2D eigenvalue weighted by molar-refractivity contribution is 0.321. The molecule has 3 nitrogen and oxygen atoms in total. The number of hydrazine groups is 1. The topological polar surface area (TPSA) is 18.5 Å². The number of allylic oxidation sites excluding steroid dienone is 1. The van der Waals surface area contributed by atoms with E-state index in [4.69, 9.17) is 0 Å². The van der Waals surface area contributed by atoms with Crippen molar-refractivity contribution in [2.75, 3.05) is 12.1 Å². The van der Waals surface area contributed by atoms with E-state index >= 15 is 0 Å². The molecule has 21 heavy (non-hydrogen) atoms. The molecule has 1 aliphatic rings. The molecule has 1 heterocycles. The van der Waals surface area contributed by atoms with E-state index in [1.807, 2.05) is 6.92 Å². The zero-order valence-corrected chi connectivity index (χ0v) is 13.9. The fraction of sp³-hybridized carbons (Fsp3) is 0.444. The predicted octanol–water partition coefficient (Wildman–Crippen LogP) is 4.00. The molecule has 3 heteroatoms. The van der Waals surface area contributed by atoms with Crippen molar-refractivity contribution in [3.63, 3.8) is 0 Å². The van der Waals surface area contributed by atoms with Crippen LogP contribution in [0.25, 0.3) is 0 Å². The summed E-state index contributed by atoms with van der Waals surface area (Å²) in [6.07, 6.45) is 4.39. The molecule has 0 bridgehead atoms. The third-order valence-electron chi connectivity index (χ3n) is 3.99. The first kappa shape index (κ1) is 15.6. The Labute approximate surface area is 128 Å². The highest BCUT2D eigenvalue weighted by Gasteiger charge is 2.23. The number of anilines is 1. The summed E-state index contributed by atoms with van der Waals surface area (Å²) in [5.41, 5.74) is 4.92. The summed E-state index contributed by atoms with van der Waals surface area (Å²) in [6.45, 7) is 13.4. The Kier molecular flexibility index (Phi) is 4.73. The molecule has 1 atom stereocenters. The lowest BCUT2D eigenvalue weighted by Crippen LogP contribution is -2.36. The van der Waals surface area contributed by atoms with Gasteiger partial charge in [-0.1, -0.05) is 32.6 Å². The van der Waals surface area contributed by atoms with Crippen LogP contribution in [0.5, 0.6) is 0 Å². The fourth-order valence-electron chi connectivity index (χ4n) is 2.52. The van der Waals surface area contributed by atoms with Crippen molar-refractivity contribution >= 4 is 5.69 Å². The molecular weight excluding hydrogens is 258 g/mol. The van der Waals surface area contributed by atoms with Gasteiger partial charge in [-0.25, -0.2) is 5.01 Å². The normalized spacial score (nSPS) is 18.6. The number of benzene rings is 1. The lowest BCUT2D eigenvalue weighted by atomic mass is 9.98. The molecule has 1 aromatic rings. The van der Waals surface area contributed by atoms with Crippen LogP contribution < -0.4 is 10.3 Å². The average Bonchev–Trinajstić information content (AvgIpc) is 2.76. The second-order valence-corrected chi connectivity index (χ2v) is 6.18. The van der Waals surface area contributed by atoms with Crippen LogP contribution in [0, 0.1) is 0 Å². The van der Waals surface area contributed by atoms with Crippen molar-refractivity contribution in [3.8, 4) is 0 Å². The minimum absolute atomic E-state index is 0.433. The van der Waals surface area contributed by atoms with Crippen LogP contribution in [-0.2, 0) is 6.54 Å². The third-order valence-corrected chi connectivity index (χ3v) is 3.99. The van der Waals surface area contributed by atoms with Gasteiger partial charge in [0, 0.05) is 31.5 Å². The summed E-state index contributed by atoms with van der Waals surface area (Å²) in [4.78, 5) is 0. The average molecular weight is 285 g/mol. The highest BCUT2D eigenvalue weighted by atomic mass is 15.6. The Hall–Kier alpha value is -1.74. The first-order valence-corrected chi connectivity index (χ1v) is 7.62. The van der Waals surface area contributed by atoms with Gasteiger partial charge in [-0.2, -0.15) is 0 Å². The smallest absolute Gasteiger partial charge is 0.0611 e. The SMILES string of the molecule is C=C(C)NCc1ccc(C(C)C)c(N2C=CC(C)N2C)c1. The van der Waals surface area contributed by atoms with Crippen LogP contribution in [0.1, 0.15) is 44.7 Å². The molecule has 0 aromatic heterocycles. The maximum atomic E-state index is 3.90. The maximum absolute atomic E-state index is 3.90. The zero-order valence-electron chi connectivity index (χ0n) is 13.9. The molecule has 0 saturated heterocycles. The van der Waals surface area contributed by atoms with Crippen molar-refractivity contribution in [2.24, 2.45) is 0 Å². The van der Waals surface area contributed by atoms with Crippen LogP contribution in [0.4, 0.5) is 5.69 Å². The van der Waals surface area contributed by atoms with E-state index < -0.39 is 0 Å². The van der Waals surface area contributed by atoms with Gasteiger partial charge in [0.05, 0.1) is 5.69 Å². The number of rotatable bonds is 5. The Morgan fingerprint density at radius 1 is 1.38 bits per heavy atom. The van der Waals surface area contributed by atoms with Crippen molar-refractivity contribution in [1.82, 2.24) is 10.3 Å². The summed E-state index contributed by atoms with van der Waals surface area (Å²) in [5, 5.41) is 7.82. The standard InChI is InChI=1S/C18H27N3/c1-13(2)17-8-7-16(12-19-14(3)4)11-18(17)21-10-9-15(5)20(21)6/h7-11,13,15,19H,3,12H2,1-2,4-6H3. The molecule has 1 N–H and O–H groups in total. The van der Waals surface area contributed by atoms with Crippen LogP contribution >= 0.6 is 0 Å². The van der Waals surface area contributed by atoms with Gasteiger partial charge in [-0.15, -0.1) is 0 Å². The van der Waals surface area contributed by atoms with E-state index in [1.165, 1.54) is 16.8 Å². The second-order valence-electron chi connectivity index (χ2n) is 6.18. The first-order chi connectivity index (χ1) is 9.90. The number of likely N-dealkylation sites (N-methyl/N-ethyl adjacent to an activating group) is 1. The molecule has 0 spiro atoms. The molecular formula is C18H27N3. The van der Waals surface area contributed by atoms with E-state index in [2.05, 4.69) is 80.2 Å². The summed E-state index contributed by atoms with van der Waals surface area (Å²) in [6, 6.07) is 7.17. The number of nitrogens with zero attached hydrogens (tertiary/aromatic N) is 2. The van der Waals surface area contributed by atoms with Gasteiger partial charge in [0.25, 0.3) is 0 Å². The van der Waals surface area contributed by atoms with Crippen molar-refractivity contribution < 1.29 is 0 Å². The minimum atomic E-state index is 0.433. The molecule has 1 aliphatic heterocycles. The van der Waals surface area contributed by atoms with E-state index in [9.17, 15) is 0 Å². The van der Waals surface area contributed by atoms with Gasteiger partial charge in [-0.05, 0) is 43.0 Å². The molecule has 0 saturated carbocycles. The van der Waals surface area contributed by atoms with Gasteiger partial charge in [0.2, 0.25) is 0 Å². The van der Waals surface area contributed by atoms with Gasteiger partial charge in [0.15, 0.2) is 0 Å². The van der Waals surface area contributed by atoms with Gasteiger partial charge >= 0.3 is 0 Å². The first-order valence-electron chi connectivity index (χ1n) is 7.62. The number of hydrogen-bond acceptors (Lipinski definition) is 3. The van der Waals surface area contributed by atoms with E-state index in [-0.39, 0.29) is 0 Å². The predicted molar refractivity (Wildman–Crippen MR) is 91.0 cm³/mol. The van der Waals surface area contributed by atoms with Crippen LogP contribution in [0.15, 0.2) is 42.8 Å². The fourth-order valence-corrected chi connectivity index (χ4v) is 2.52. The van der Waals surface area contributed by atoms with E-state index in [0.29, 0.717) is 12.0 Å². The van der Waals surface area contributed by atoms with E-state index in [0.717, 1.165) is 12.2 Å². The van der Waals surface area contributed by atoms with E-state index in [1.54, 1.807) is 0 Å². The van der Waals surface area contributed by atoms with Gasteiger partial charge in [0.1, 0.15) is 0 Å². The Morgan fingerprint density at radius 3 is 2.62 bits per heavy atom. The van der Waals surface area contributed by atoms with Crippen molar-refractivity contribution in [2.45, 2.75) is 46.2 Å². The molecule has 0 radical (unpaired) electrons. The van der Waals surface area contributed by atoms with Crippen molar-refractivity contribution in [3.05, 3.63) is 53.9 Å².